The zero-order valence-electron chi connectivity index (χ0n) is 26.9. The number of aliphatic imine (C=N–C) groups is 2. The quantitative estimate of drug-likeness (QED) is 0.203. The molecule has 5 heteroatoms. The smallest absolute Gasteiger partial charge is 0.160 e. The molecule has 9 aromatic rings. The van der Waals surface area contributed by atoms with Gasteiger partial charge in [0.1, 0.15) is 34.3 Å². The average molecular weight is 644 g/mol. The van der Waals surface area contributed by atoms with Crippen molar-refractivity contribution in [3.63, 3.8) is 0 Å². The number of fused-ring (bicyclic) bond motifs is 6. The maximum Gasteiger partial charge on any atom is 0.160 e. The van der Waals surface area contributed by atoms with E-state index in [0.29, 0.717) is 5.84 Å². The molecular weight excluding hydrogens is 615 g/mol. The summed E-state index contributed by atoms with van der Waals surface area (Å²) in [7, 11) is 0. The summed E-state index contributed by atoms with van der Waals surface area (Å²) in [6.45, 7) is 0. The zero-order chi connectivity index (χ0) is 33.0. The van der Waals surface area contributed by atoms with E-state index in [1.807, 2.05) is 66.7 Å². The largest absolute Gasteiger partial charge is 0.456 e. The van der Waals surface area contributed by atoms with E-state index >= 15 is 0 Å². The maximum absolute atomic E-state index is 6.44. The zero-order valence-corrected chi connectivity index (χ0v) is 26.9. The van der Waals surface area contributed by atoms with Crippen molar-refractivity contribution >= 4 is 55.5 Å². The Hall–Kier alpha value is -6.72. The highest BCUT2D eigenvalue weighted by molar-refractivity contribution is 6.25. The second-order valence-electron chi connectivity index (χ2n) is 12.6. The van der Waals surface area contributed by atoms with Crippen LogP contribution in [0, 0.1) is 0 Å². The summed E-state index contributed by atoms with van der Waals surface area (Å²) in [4.78, 5) is 10.5. The van der Waals surface area contributed by atoms with Gasteiger partial charge in [-0.1, -0.05) is 133 Å². The van der Waals surface area contributed by atoms with Gasteiger partial charge in [0.25, 0.3) is 0 Å². The number of nitrogens with zero attached hydrogens (tertiary/aromatic N) is 2. The number of nitrogens with one attached hydrogen (secondary N) is 1. The topological polar surface area (TPSA) is 63.0 Å². The van der Waals surface area contributed by atoms with Gasteiger partial charge in [0.15, 0.2) is 5.84 Å². The Morgan fingerprint density at radius 2 is 1.00 bits per heavy atom. The summed E-state index contributed by atoms with van der Waals surface area (Å²) in [6.07, 6.45) is -0.348. The fourth-order valence-corrected chi connectivity index (χ4v) is 7.16. The third-order valence-electron chi connectivity index (χ3n) is 9.58. The molecule has 0 bridgehead atoms. The van der Waals surface area contributed by atoms with Crippen molar-refractivity contribution in [2.45, 2.75) is 6.17 Å². The molecule has 0 radical (unpaired) electrons. The number of furan rings is 2. The minimum absolute atomic E-state index is 0.348. The molecule has 0 saturated heterocycles. The monoisotopic (exact) mass is 643 g/mol. The third kappa shape index (κ3) is 4.71. The SMILES string of the molecule is c1ccc(-c2ccc(-c3ccc4oc5cccc(C6=NC(c7cccc8oc9ccccc9c78)=NC(c7ccccc7)N6)c5c4c3)cc2)cc1. The van der Waals surface area contributed by atoms with Crippen LogP contribution in [-0.4, -0.2) is 11.7 Å². The highest BCUT2D eigenvalue weighted by Crippen LogP contribution is 2.37. The van der Waals surface area contributed by atoms with Gasteiger partial charge in [-0.3, -0.25) is 0 Å². The van der Waals surface area contributed by atoms with E-state index in [2.05, 4.69) is 102 Å². The van der Waals surface area contributed by atoms with Crippen molar-refractivity contribution in [2.75, 3.05) is 0 Å². The molecule has 1 aliphatic heterocycles. The summed E-state index contributed by atoms with van der Waals surface area (Å²) < 4.78 is 12.7. The number of hydrogen-bond acceptors (Lipinski definition) is 5. The molecule has 0 aliphatic carbocycles. The van der Waals surface area contributed by atoms with E-state index in [1.54, 1.807) is 0 Å². The highest BCUT2D eigenvalue weighted by Gasteiger charge is 2.25. The molecule has 50 heavy (non-hydrogen) atoms. The number of hydrogen-bond donors (Lipinski definition) is 1. The third-order valence-corrected chi connectivity index (χ3v) is 9.58. The minimum Gasteiger partial charge on any atom is -0.456 e. The Labute approximate surface area is 287 Å². The van der Waals surface area contributed by atoms with E-state index in [-0.39, 0.29) is 6.17 Å². The van der Waals surface area contributed by atoms with Gasteiger partial charge in [0.05, 0.1) is 0 Å². The number of para-hydroxylation sites is 1. The first kappa shape index (κ1) is 28.3. The molecule has 236 valence electrons. The van der Waals surface area contributed by atoms with Crippen LogP contribution in [0.1, 0.15) is 22.9 Å². The van der Waals surface area contributed by atoms with Crippen molar-refractivity contribution in [3.05, 3.63) is 180 Å². The molecule has 5 nitrogen and oxygen atoms in total. The Bertz CT molecular complexity index is 2770. The van der Waals surface area contributed by atoms with Crippen LogP contribution in [0.3, 0.4) is 0 Å². The molecule has 0 saturated carbocycles. The van der Waals surface area contributed by atoms with Crippen LogP contribution in [0.4, 0.5) is 0 Å². The fraction of sp³-hybridized carbons (Fsp3) is 0.0222. The normalized spacial score (nSPS) is 14.6. The van der Waals surface area contributed by atoms with Crippen LogP contribution >= 0.6 is 0 Å². The van der Waals surface area contributed by atoms with Crippen LogP contribution in [0.5, 0.6) is 0 Å². The first-order valence-corrected chi connectivity index (χ1v) is 16.8. The van der Waals surface area contributed by atoms with Crippen LogP contribution in [0.2, 0.25) is 0 Å². The van der Waals surface area contributed by atoms with Crippen molar-refractivity contribution < 1.29 is 8.83 Å². The maximum atomic E-state index is 6.44. The molecular formula is C45H29N3O2. The van der Waals surface area contributed by atoms with Crippen LogP contribution < -0.4 is 5.32 Å². The van der Waals surface area contributed by atoms with E-state index in [9.17, 15) is 0 Å². The Morgan fingerprint density at radius 3 is 1.76 bits per heavy atom. The van der Waals surface area contributed by atoms with Gasteiger partial charge in [-0.25, -0.2) is 9.98 Å². The van der Waals surface area contributed by atoms with Crippen LogP contribution in [0.15, 0.2) is 183 Å². The van der Waals surface area contributed by atoms with Crippen molar-refractivity contribution in [1.82, 2.24) is 5.32 Å². The summed E-state index contributed by atoms with van der Waals surface area (Å²) in [6, 6.07) is 56.3. The van der Waals surface area contributed by atoms with Crippen molar-refractivity contribution in [2.24, 2.45) is 9.98 Å². The summed E-state index contributed by atoms with van der Waals surface area (Å²) in [5, 5.41) is 7.77. The molecule has 0 amide bonds. The Kier molecular flexibility index (Phi) is 6.49. The molecule has 2 aromatic heterocycles. The van der Waals surface area contributed by atoms with Gasteiger partial charge < -0.3 is 14.2 Å². The molecule has 1 N–H and O–H groups in total. The molecule has 1 unspecified atom stereocenters. The first-order chi connectivity index (χ1) is 24.8. The van der Waals surface area contributed by atoms with Gasteiger partial charge >= 0.3 is 0 Å². The Balaban J connectivity index is 1.13. The van der Waals surface area contributed by atoms with Crippen LogP contribution in [-0.2, 0) is 0 Å². The summed E-state index contributed by atoms with van der Waals surface area (Å²) in [5.41, 5.74) is 10.9. The fourth-order valence-electron chi connectivity index (χ4n) is 7.16. The van der Waals surface area contributed by atoms with Gasteiger partial charge in [-0.05, 0) is 58.1 Å². The molecule has 1 atom stereocenters. The second-order valence-corrected chi connectivity index (χ2v) is 12.6. The molecule has 0 spiro atoms. The molecule has 1 aliphatic rings. The van der Waals surface area contributed by atoms with E-state index in [4.69, 9.17) is 18.8 Å². The molecule has 7 aromatic carbocycles. The average Bonchev–Trinajstić information content (AvgIpc) is 3.77. The lowest BCUT2D eigenvalue weighted by atomic mass is 9.98. The number of rotatable bonds is 5. The van der Waals surface area contributed by atoms with Gasteiger partial charge in [-0.15, -0.1) is 0 Å². The lowest BCUT2D eigenvalue weighted by molar-refractivity contribution is 0.667. The van der Waals surface area contributed by atoms with Crippen molar-refractivity contribution in [3.8, 4) is 22.3 Å². The predicted octanol–water partition coefficient (Wildman–Crippen LogP) is 11.3. The number of benzene rings is 7. The summed E-state index contributed by atoms with van der Waals surface area (Å²) in [5.74, 6) is 1.38. The van der Waals surface area contributed by atoms with Crippen molar-refractivity contribution in [1.29, 1.82) is 0 Å². The molecule has 0 fully saturated rings. The van der Waals surface area contributed by atoms with Crippen LogP contribution in [0.25, 0.3) is 66.1 Å². The second kappa shape index (κ2) is 11.5. The minimum atomic E-state index is -0.348. The van der Waals surface area contributed by atoms with E-state index < -0.39 is 0 Å². The molecule has 10 rings (SSSR count). The standard InChI is InChI=1S/C45H29N3O2/c1-3-11-28(12-4-1)29-21-23-30(24-22-29)32-25-26-38-36(27-32)42-35(17-10-20-40(42)50-38)45-47-43(31-13-5-2-6-14-31)46-44(48-45)34-16-9-19-39-41(34)33-15-7-8-18-37(33)49-39/h1-27,43H,(H,46,47,48). The lowest BCUT2D eigenvalue weighted by Crippen LogP contribution is -2.33. The Morgan fingerprint density at radius 1 is 0.440 bits per heavy atom. The summed E-state index contributed by atoms with van der Waals surface area (Å²) >= 11 is 0. The molecule has 3 heterocycles. The first-order valence-electron chi connectivity index (χ1n) is 16.8. The van der Waals surface area contributed by atoms with E-state index in [0.717, 1.165) is 77.5 Å². The van der Waals surface area contributed by atoms with Gasteiger partial charge in [0, 0.05) is 32.7 Å². The van der Waals surface area contributed by atoms with Gasteiger partial charge in [0.2, 0.25) is 0 Å². The van der Waals surface area contributed by atoms with Gasteiger partial charge in [-0.2, -0.15) is 0 Å². The highest BCUT2D eigenvalue weighted by atomic mass is 16.3. The van der Waals surface area contributed by atoms with E-state index in [1.165, 1.54) is 11.1 Å². The lowest BCUT2D eigenvalue weighted by Gasteiger charge is -2.24. The number of amidine groups is 2. The predicted molar refractivity (Wildman–Crippen MR) is 204 cm³/mol.